The third-order valence-corrected chi connectivity index (χ3v) is 4.88. The number of ether oxygens (including phenoxy) is 1. The van der Waals surface area contributed by atoms with Crippen LogP contribution in [-0.2, 0) is 0 Å². The Hall–Kier alpha value is -3.09. The maximum Gasteiger partial charge on any atom is 0.317 e. The molecule has 3 amide bonds. The second-order valence-electron chi connectivity index (χ2n) is 6.85. The molecule has 1 unspecified atom stereocenters. The zero-order valence-electron chi connectivity index (χ0n) is 16.5. The van der Waals surface area contributed by atoms with Crippen molar-refractivity contribution in [2.75, 3.05) is 26.2 Å². The molecule has 2 N–H and O–H groups in total. The summed E-state index contributed by atoms with van der Waals surface area (Å²) < 4.78 is 18.4. The standard InChI is InChI=1S/C22H26FN3O3/c1-2-29-19-11-7-16(8-12-19)20-4-3-15-26(20)22(28)25-14-13-24-21(27)17-5-9-18(23)10-6-17/h5-12,20H,2-4,13-15H2,1H3,(H,24,27)(H,25,28). The topological polar surface area (TPSA) is 70.7 Å². The Balaban J connectivity index is 1.47. The number of carbonyl (C=O) groups excluding carboxylic acids is 2. The first-order valence-electron chi connectivity index (χ1n) is 9.89. The average molecular weight is 399 g/mol. The summed E-state index contributed by atoms with van der Waals surface area (Å²) in [6, 6.07) is 13.1. The molecular formula is C22H26FN3O3. The minimum absolute atomic E-state index is 0.0412. The highest BCUT2D eigenvalue weighted by molar-refractivity contribution is 5.94. The van der Waals surface area contributed by atoms with E-state index in [-0.39, 0.29) is 23.8 Å². The second kappa shape index (κ2) is 9.91. The SMILES string of the molecule is CCOc1ccc(C2CCCN2C(=O)NCCNC(=O)c2ccc(F)cc2)cc1. The Bertz CT molecular complexity index is 824. The normalized spacial score (nSPS) is 15.8. The molecule has 0 saturated carbocycles. The van der Waals surface area contributed by atoms with Crippen molar-refractivity contribution in [2.45, 2.75) is 25.8 Å². The molecule has 1 saturated heterocycles. The fourth-order valence-corrected chi connectivity index (χ4v) is 3.46. The molecule has 2 aromatic carbocycles. The van der Waals surface area contributed by atoms with Gasteiger partial charge in [-0.1, -0.05) is 12.1 Å². The highest BCUT2D eigenvalue weighted by atomic mass is 19.1. The second-order valence-corrected chi connectivity index (χ2v) is 6.85. The van der Waals surface area contributed by atoms with E-state index < -0.39 is 0 Å². The molecule has 0 radical (unpaired) electrons. The lowest BCUT2D eigenvalue weighted by Gasteiger charge is -2.25. The number of benzene rings is 2. The molecule has 1 atom stereocenters. The lowest BCUT2D eigenvalue weighted by Crippen LogP contribution is -2.42. The summed E-state index contributed by atoms with van der Waals surface area (Å²) >= 11 is 0. The van der Waals surface area contributed by atoms with Crippen LogP contribution in [-0.4, -0.2) is 43.1 Å². The van der Waals surface area contributed by atoms with Crippen LogP contribution in [0.15, 0.2) is 48.5 Å². The van der Waals surface area contributed by atoms with Gasteiger partial charge in [0.05, 0.1) is 12.6 Å². The molecule has 7 heteroatoms. The molecule has 6 nitrogen and oxygen atoms in total. The van der Waals surface area contributed by atoms with Gasteiger partial charge in [-0.2, -0.15) is 0 Å². The summed E-state index contributed by atoms with van der Waals surface area (Å²) in [5.74, 6) is 0.136. The molecule has 2 aromatic rings. The molecule has 1 heterocycles. The van der Waals surface area contributed by atoms with Gasteiger partial charge < -0.3 is 20.3 Å². The van der Waals surface area contributed by atoms with Crippen LogP contribution in [0.25, 0.3) is 0 Å². The number of rotatable bonds is 7. The van der Waals surface area contributed by atoms with Gasteiger partial charge in [-0.15, -0.1) is 0 Å². The molecule has 0 aromatic heterocycles. The third-order valence-electron chi connectivity index (χ3n) is 4.88. The molecule has 29 heavy (non-hydrogen) atoms. The van der Waals surface area contributed by atoms with Crippen LogP contribution in [0.1, 0.15) is 41.7 Å². The summed E-state index contributed by atoms with van der Waals surface area (Å²) in [4.78, 5) is 26.4. The number of halogens is 1. The van der Waals surface area contributed by atoms with E-state index in [4.69, 9.17) is 4.74 Å². The molecule has 1 fully saturated rings. The molecule has 1 aliphatic rings. The third kappa shape index (κ3) is 5.47. The Labute approximate surface area is 170 Å². The van der Waals surface area contributed by atoms with Gasteiger partial charge >= 0.3 is 6.03 Å². The van der Waals surface area contributed by atoms with Gasteiger partial charge in [-0.05, 0) is 61.7 Å². The predicted octanol–water partition coefficient (Wildman–Crippen LogP) is 3.50. The molecule has 154 valence electrons. The van der Waals surface area contributed by atoms with Gasteiger partial charge in [-0.25, -0.2) is 9.18 Å². The number of hydrogen-bond acceptors (Lipinski definition) is 3. The number of amides is 3. The van der Waals surface area contributed by atoms with Gasteiger partial charge in [0.25, 0.3) is 5.91 Å². The van der Waals surface area contributed by atoms with Crippen molar-refractivity contribution in [2.24, 2.45) is 0 Å². The largest absolute Gasteiger partial charge is 0.494 e. The number of nitrogens with zero attached hydrogens (tertiary/aromatic N) is 1. The first kappa shape index (κ1) is 20.6. The minimum Gasteiger partial charge on any atom is -0.494 e. The van der Waals surface area contributed by atoms with Crippen molar-refractivity contribution in [3.63, 3.8) is 0 Å². The van der Waals surface area contributed by atoms with E-state index in [9.17, 15) is 14.0 Å². The number of hydrogen-bond donors (Lipinski definition) is 2. The monoisotopic (exact) mass is 399 g/mol. The molecule has 1 aliphatic heterocycles. The van der Waals surface area contributed by atoms with Gasteiger partial charge in [0.2, 0.25) is 0 Å². The lowest BCUT2D eigenvalue weighted by atomic mass is 10.0. The number of likely N-dealkylation sites (tertiary alicyclic amines) is 1. The minimum atomic E-state index is -0.387. The first-order valence-corrected chi connectivity index (χ1v) is 9.89. The van der Waals surface area contributed by atoms with Crippen LogP contribution in [0.3, 0.4) is 0 Å². The molecule has 0 aliphatic carbocycles. The van der Waals surface area contributed by atoms with Gasteiger partial charge in [0, 0.05) is 25.2 Å². The predicted molar refractivity (Wildman–Crippen MR) is 108 cm³/mol. The van der Waals surface area contributed by atoms with E-state index in [1.54, 1.807) is 0 Å². The van der Waals surface area contributed by atoms with E-state index >= 15 is 0 Å². The average Bonchev–Trinajstić information content (AvgIpc) is 3.22. The van der Waals surface area contributed by atoms with E-state index in [0.717, 1.165) is 24.2 Å². The van der Waals surface area contributed by atoms with Gasteiger partial charge in [0.15, 0.2) is 0 Å². The van der Waals surface area contributed by atoms with Crippen molar-refractivity contribution < 1.29 is 18.7 Å². The molecule has 0 bridgehead atoms. The molecule has 3 rings (SSSR count). The van der Waals surface area contributed by atoms with Gasteiger partial charge in [-0.3, -0.25) is 4.79 Å². The van der Waals surface area contributed by atoms with E-state index in [0.29, 0.717) is 31.8 Å². The van der Waals surface area contributed by atoms with E-state index in [2.05, 4.69) is 10.6 Å². The fraction of sp³-hybridized carbons (Fsp3) is 0.364. The summed E-state index contributed by atoms with van der Waals surface area (Å²) in [7, 11) is 0. The number of nitrogens with one attached hydrogen (secondary N) is 2. The summed E-state index contributed by atoms with van der Waals surface area (Å²) in [5.41, 5.74) is 1.47. The Kier molecular flexibility index (Phi) is 7.05. The summed E-state index contributed by atoms with van der Waals surface area (Å²) in [6.07, 6.45) is 1.87. The van der Waals surface area contributed by atoms with E-state index in [1.807, 2.05) is 36.1 Å². The maximum atomic E-state index is 12.9. The zero-order chi connectivity index (χ0) is 20.6. The quantitative estimate of drug-likeness (QED) is 0.700. The molecule has 0 spiro atoms. The Morgan fingerprint density at radius 2 is 1.76 bits per heavy atom. The smallest absolute Gasteiger partial charge is 0.317 e. The first-order chi connectivity index (χ1) is 14.1. The van der Waals surface area contributed by atoms with E-state index in [1.165, 1.54) is 24.3 Å². The van der Waals surface area contributed by atoms with Crippen LogP contribution in [0.2, 0.25) is 0 Å². The van der Waals surface area contributed by atoms with Crippen LogP contribution in [0, 0.1) is 5.82 Å². The highest BCUT2D eigenvalue weighted by Gasteiger charge is 2.29. The van der Waals surface area contributed by atoms with Crippen molar-refractivity contribution in [1.29, 1.82) is 0 Å². The number of urea groups is 1. The van der Waals surface area contributed by atoms with Crippen LogP contribution in [0.4, 0.5) is 9.18 Å². The Morgan fingerprint density at radius 1 is 1.07 bits per heavy atom. The van der Waals surface area contributed by atoms with Crippen LogP contribution >= 0.6 is 0 Å². The van der Waals surface area contributed by atoms with Crippen LogP contribution < -0.4 is 15.4 Å². The van der Waals surface area contributed by atoms with Crippen molar-refractivity contribution in [3.8, 4) is 5.75 Å². The van der Waals surface area contributed by atoms with Gasteiger partial charge in [0.1, 0.15) is 11.6 Å². The Morgan fingerprint density at radius 3 is 2.45 bits per heavy atom. The summed E-state index contributed by atoms with van der Waals surface area (Å²) in [5, 5.41) is 5.58. The van der Waals surface area contributed by atoms with Crippen molar-refractivity contribution >= 4 is 11.9 Å². The zero-order valence-corrected chi connectivity index (χ0v) is 16.5. The maximum absolute atomic E-state index is 12.9. The number of carbonyl (C=O) groups is 2. The molecular weight excluding hydrogens is 373 g/mol. The highest BCUT2D eigenvalue weighted by Crippen LogP contribution is 2.32. The van der Waals surface area contributed by atoms with Crippen molar-refractivity contribution in [3.05, 3.63) is 65.5 Å². The van der Waals surface area contributed by atoms with Crippen molar-refractivity contribution in [1.82, 2.24) is 15.5 Å². The van der Waals surface area contributed by atoms with Crippen LogP contribution in [0.5, 0.6) is 5.75 Å². The lowest BCUT2D eigenvalue weighted by molar-refractivity contribution is 0.0953. The fourth-order valence-electron chi connectivity index (χ4n) is 3.46. The summed E-state index contributed by atoms with van der Waals surface area (Å²) in [6.45, 7) is 3.88.